The van der Waals surface area contributed by atoms with Crippen LogP contribution in [0.5, 0.6) is 11.5 Å². The first-order valence-electron chi connectivity index (χ1n) is 22.2. The van der Waals surface area contributed by atoms with Crippen molar-refractivity contribution in [3.8, 4) is 73.7 Å². The molecule has 0 unspecified atom stereocenters. The fourth-order valence-electron chi connectivity index (χ4n) is 9.27. The van der Waals surface area contributed by atoms with E-state index in [-0.39, 0.29) is 0 Å². The highest BCUT2D eigenvalue weighted by Crippen LogP contribution is 2.51. The van der Waals surface area contributed by atoms with Crippen LogP contribution in [0.1, 0.15) is 0 Å². The average molecular weight is 860 g/mol. The Balaban J connectivity index is 0.917. The van der Waals surface area contributed by atoms with Crippen LogP contribution in [-0.4, -0.2) is 29.5 Å². The third kappa shape index (κ3) is 6.66. The molecular formula is C59H37N7O. The highest BCUT2D eigenvalue weighted by atomic mass is 16.5. The minimum Gasteiger partial charge on any atom is -0.453 e. The van der Waals surface area contributed by atoms with E-state index in [2.05, 4.69) is 131 Å². The second-order valence-electron chi connectivity index (χ2n) is 16.5. The van der Waals surface area contributed by atoms with Crippen molar-refractivity contribution in [2.24, 2.45) is 0 Å². The number of anilines is 3. The summed E-state index contributed by atoms with van der Waals surface area (Å²) in [5.41, 5.74) is 12.6. The molecule has 8 heteroatoms. The van der Waals surface area contributed by atoms with Gasteiger partial charge in [-0.1, -0.05) is 176 Å². The SMILES string of the molecule is c1ccc(-c2nc(-c3ccccc3)nc(N3c4ccccc4Oc4cc(-c5cccc(-c6ccc7c8ccccc8n(-c8nc(-c9ccccc9)c9ccccc9n8)c7c6)c5)ccc43)n2)cc1. The fraction of sp³-hybridized carbons (Fsp3) is 0. The Kier molecular flexibility index (Phi) is 8.99. The van der Waals surface area contributed by atoms with E-state index in [1.807, 2.05) is 103 Å². The van der Waals surface area contributed by atoms with E-state index in [1.54, 1.807) is 0 Å². The number of nitrogens with zero attached hydrogens (tertiary/aromatic N) is 7. The summed E-state index contributed by atoms with van der Waals surface area (Å²) in [6.45, 7) is 0. The first kappa shape index (κ1) is 38.2. The zero-order valence-corrected chi connectivity index (χ0v) is 35.9. The first-order chi connectivity index (χ1) is 33.2. The molecule has 1 aliphatic heterocycles. The van der Waals surface area contributed by atoms with Gasteiger partial charge in [0.05, 0.1) is 33.6 Å². The van der Waals surface area contributed by atoms with Gasteiger partial charge in [-0.3, -0.25) is 9.47 Å². The molecule has 0 fully saturated rings. The predicted octanol–water partition coefficient (Wildman–Crippen LogP) is 14.8. The van der Waals surface area contributed by atoms with Gasteiger partial charge >= 0.3 is 0 Å². The minimum absolute atomic E-state index is 0.498. The molecule has 0 aliphatic carbocycles. The summed E-state index contributed by atoms with van der Waals surface area (Å²) in [4.78, 5) is 27.7. The van der Waals surface area contributed by atoms with Crippen molar-refractivity contribution in [1.82, 2.24) is 29.5 Å². The predicted molar refractivity (Wildman–Crippen MR) is 269 cm³/mol. The van der Waals surface area contributed by atoms with E-state index < -0.39 is 0 Å². The fourth-order valence-corrected chi connectivity index (χ4v) is 9.27. The summed E-state index contributed by atoms with van der Waals surface area (Å²) in [7, 11) is 0. The standard InChI is InChI=1S/C59H37N7O/c1-4-17-38(18-5-1)55-47-26-10-12-27-48(47)60-58(61-55)65-49-28-13-11-25-45(49)46-33-31-43(36-52(46)65)41-23-16-24-42(35-41)44-32-34-51-54(37-44)67-53-30-15-14-29-50(53)66(51)59-63-56(39-19-6-2-7-20-39)62-57(64-59)40-21-8-3-9-22-40/h1-37H. The van der Waals surface area contributed by atoms with Crippen molar-refractivity contribution in [2.75, 3.05) is 4.90 Å². The molecule has 67 heavy (non-hydrogen) atoms. The molecule has 0 atom stereocenters. The molecule has 0 saturated carbocycles. The van der Waals surface area contributed by atoms with Gasteiger partial charge in [0.25, 0.3) is 0 Å². The molecule has 0 N–H and O–H groups in total. The van der Waals surface area contributed by atoms with Crippen molar-refractivity contribution >= 4 is 50.0 Å². The third-order valence-corrected chi connectivity index (χ3v) is 12.5. The Morgan fingerprint density at radius 1 is 0.313 bits per heavy atom. The highest BCUT2D eigenvalue weighted by Gasteiger charge is 2.29. The van der Waals surface area contributed by atoms with Gasteiger partial charge in [-0.2, -0.15) is 9.97 Å². The molecule has 0 amide bonds. The maximum atomic E-state index is 6.70. The van der Waals surface area contributed by atoms with Gasteiger partial charge in [-0.25, -0.2) is 15.0 Å². The van der Waals surface area contributed by atoms with Crippen LogP contribution in [0.3, 0.4) is 0 Å². The lowest BCUT2D eigenvalue weighted by molar-refractivity contribution is 0.476. The Labute approximate surface area is 385 Å². The Morgan fingerprint density at radius 2 is 0.866 bits per heavy atom. The molecular weight excluding hydrogens is 823 g/mol. The number of hydrogen-bond acceptors (Lipinski definition) is 7. The zero-order valence-electron chi connectivity index (χ0n) is 35.9. The van der Waals surface area contributed by atoms with Gasteiger partial charge in [0.1, 0.15) is 0 Å². The molecule has 9 aromatic carbocycles. The molecule has 314 valence electrons. The monoisotopic (exact) mass is 859 g/mol. The van der Waals surface area contributed by atoms with Crippen molar-refractivity contribution in [1.29, 1.82) is 0 Å². The number of fused-ring (bicyclic) bond motifs is 6. The summed E-state index contributed by atoms with van der Waals surface area (Å²) in [6, 6.07) is 76.9. The summed E-state index contributed by atoms with van der Waals surface area (Å²) in [6.07, 6.45) is 0. The summed E-state index contributed by atoms with van der Waals surface area (Å²) in [5.74, 6) is 3.70. The van der Waals surface area contributed by atoms with Gasteiger partial charge in [0.15, 0.2) is 23.1 Å². The average Bonchev–Trinajstić information content (AvgIpc) is 3.74. The van der Waals surface area contributed by atoms with Crippen LogP contribution in [-0.2, 0) is 0 Å². The van der Waals surface area contributed by atoms with Crippen LogP contribution < -0.4 is 9.64 Å². The topological polar surface area (TPSA) is 81.9 Å². The van der Waals surface area contributed by atoms with Crippen LogP contribution >= 0.6 is 0 Å². The van der Waals surface area contributed by atoms with Crippen LogP contribution in [0.25, 0.3) is 94.9 Å². The molecule has 3 aromatic heterocycles. The lowest BCUT2D eigenvalue weighted by atomic mass is 9.97. The maximum Gasteiger partial charge on any atom is 0.239 e. The van der Waals surface area contributed by atoms with Crippen molar-refractivity contribution in [2.45, 2.75) is 0 Å². The van der Waals surface area contributed by atoms with Gasteiger partial charge < -0.3 is 4.74 Å². The van der Waals surface area contributed by atoms with E-state index in [0.717, 1.165) is 88.7 Å². The minimum atomic E-state index is 0.498. The van der Waals surface area contributed by atoms with E-state index in [0.29, 0.717) is 35.0 Å². The Hall–Kier alpha value is -9.27. The molecule has 0 bridgehead atoms. The van der Waals surface area contributed by atoms with Gasteiger partial charge in [0.2, 0.25) is 11.9 Å². The van der Waals surface area contributed by atoms with Crippen LogP contribution in [0.15, 0.2) is 224 Å². The number of para-hydroxylation sites is 4. The number of rotatable bonds is 7. The first-order valence-corrected chi connectivity index (χ1v) is 22.2. The number of aromatic nitrogens is 6. The summed E-state index contributed by atoms with van der Waals surface area (Å²) < 4.78 is 8.91. The second-order valence-corrected chi connectivity index (χ2v) is 16.5. The summed E-state index contributed by atoms with van der Waals surface area (Å²) in [5, 5.41) is 3.29. The molecule has 0 spiro atoms. The lowest BCUT2D eigenvalue weighted by Gasteiger charge is -2.31. The number of ether oxygens (including phenoxy) is 1. The second kappa shape index (κ2) is 15.8. The molecule has 8 nitrogen and oxygen atoms in total. The third-order valence-electron chi connectivity index (χ3n) is 12.5. The number of hydrogen-bond donors (Lipinski definition) is 0. The van der Waals surface area contributed by atoms with Crippen molar-refractivity contribution < 1.29 is 4.74 Å². The van der Waals surface area contributed by atoms with Gasteiger partial charge in [0, 0.05) is 32.8 Å². The van der Waals surface area contributed by atoms with Crippen LogP contribution in [0.4, 0.5) is 17.3 Å². The maximum absolute atomic E-state index is 6.70. The van der Waals surface area contributed by atoms with E-state index in [1.165, 1.54) is 0 Å². The molecule has 0 saturated heterocycles. The molecule has 4 heterocycles. The summed E-state index contributed by atoms with van der Waals surface area (Å²) >= 11 is 0. The molecule has 13 rings (SSSR count). The quantitative estimate of drug-likeness (QED) is 0.158. The molecule has 1 aliphatic rings. The van der Waals surface area contributed by atoms with Crippen LogP contribution in [0.2, 0.25) is 0 Å². The highest BCUT2D eigenvalue weighted by molar-refractivity contribution is 6.10. The lowest BCUT2D eigenvalue weighted by Crippen LogP contribution is -2.19. The zero-order chi connectivity index (χ0) is 44.3. The van der Waals surface area contributed by atoms with Gasteiger partial charge in [-0.05, 0) is 70.8 Å². The van der Waals surface area contributed by atoms with Gasteiger partial charge in [-0.15, -0.1) is 0 Å². The van der Waals surface area contributed by atoms with E-state index >= 15 is 0 Å². The number of benzene rings is 9. The smallest absolute Gasteiger partial charge is 0.239 e. The van der Waals surface area contributed by atoms with E-state index in [4.69, 9.17) is 29.7 Å². The van der Waals surface area contributed by atoms with E-state index in [9.17, 15) is 0 Å². The van der Waals surface area contributed by atoms with Crippen LogP contribution in [0, 0.1) is 0 Å². The largest absolute Gasteiger partial charge is 0.453 e. The van der Waals surface area contributed by atoms with Crippen molar-refractivity contribution in [3.05, 3.63) is 224 Å². The van der Waals surface area contributed by atoms with Crippen molar-refractivity contribution in [3.63, 3.8) is 0 Å². The molecule has 0 radical (unpaired) electrons. The molecule has 12 aromatic rings. The Morgan fingerprint density at radius 3 is 1.61 bits per heavy atom. The normalized spacial score (nSPS) is 12.0. The Bertz CT molecular complexity index is 3800.